The summed E-state index contributed by atoms with van der Waals surface area (Å²) in [7, 11) is 5.62. The third-order valence-corrected chi connectivity index (χ3v) is 4.93. The second-order valence-corrected chi connectivity index (χ2v) is 7.33. The number of rotatable bonds is 7. The van der Waals surface area contributed by atoms with Crippen LogP contribution >= 0.6 is 24.0 Å². The van der Waals surface area contributed by atoms with E-state index in [4.69, 9.17) is 9.73 Å². The maximum atomic E-state index is 12.0. The molecule has 1 aliphatic rings. The standard InChI is InChI=1S/C21H34N4O2.HI/c1-5-22-21(25(4)13-10-17-11-14-27-15-12-17)23-16-18-6-8-19(9-7-18)20(26)24(2)3;/h6-9,17H,5,10-16H2,1-4H3,(H,22,23);1H. The second kappa shape index (κ2) is 13.0. The van der Waals surface area contributed by atoms with Gasteiger partial charge in [0.25, 0.3) is 5.91 Å². The molecule has 1 amide bonds. The van der Waals surface area contributed by atoms with E-state index in [9.17, 15) is 4.79 Å². The highest BCUT2D eigenvalue weighted by Gasteiger charge is 2.15. The van der Waals surface area contributed by atoms with Crippen LogP contribution in [0.2, 0.25) is 0 Å². The quantitative estimate of drug-likeness (QED) is 0.354. The average molecular weight is 502 g/mol. The number of hydrogen-bond acceptors (Lipinski definition) is 3. The lowest BCUT2D eigenvalue weighted by Gasteiger charge is -2.26. The third kappa shape index (κ3) is 7.95. The maximum Gasteiger partial charge on any atom is 0.253 e. The van der Waals surface area contributed by atoms with Gasteiger partial charge in [-0.2, -0.15) is 0 Å². The van der Waals surface area contributed by atoms with Crippen molar-refractivity contribution in [2.45, 2.75) is 32.7 Å². The molecule has 0 saturated carbocycles. The molecule has 1 aromatic rings. The summed E-state index contributed by atoms with van der Waals surface area (Å²) in [5.74, 6) is 1.70. The molecule has 1 fully saturated rings. The van der Waals surface area contributed by atoms with Crippen molar-refractivity contribution in [3.63, 3.8) is 0 Å². The van der Waals surface area contributed by atoms with Gasteiger partial charge in [-0.1, -0.05) is 12.1 Å². The average Bonchev–Trinajstić information content (AvgIpc) is 2.69. The molecule has 0 bridgehead atoms. The third-order valence-electron chi connectivity index (χ3n) is 4.93. The van der Waals surface area contributed by atoms with Gasteiger partial charge < -0.3 is 19.9 Å². The molecule has 158 valence electrons. The van der Waals surface area contributed by atoms with Gasteiger partial charge in [-0.25, -0.2) is 4.99 Å². The number of carbonyl (C=O) groups is 1. The van der Waals surface area contributed by atoms with E-state index in [2.05, 4.69) is 24.2 Å². The molecule has 1 aromatic carbocycles. The zero-order valence-electron chi connectivity index (χ0n) is 17.6. The Kier molecular flexibility index (Phi) is 11.4. The summed E-state index contributed by atoms with van der Waals surface area (Å²) in [6.07, 6.45) is 3.50. The Morgan fingerprint density at radius 2 is 1.82 bits per heavy atom. The van der Waals surface area contributed by atoms with Gasteiger partial charge in [0, 0.05) is 53.0 Å². The van der Waals surface area contributed by atoms with Crippen molar-refractivity contribution in [3.8, 4) is 0 Å². The molecule has 1 saturated heterocycles. The van der Waals surface area contributed by atoms with Gasteiger partial charge in [0.05, 0.1) is 6.54 Å². The van der Waals surface area contributed by atoms with Crippen molar-refractivity contribution in [1.82, 2.24) is 15.1 Å². The van der Waals surface area contributed by atoms with Crippen molar-refractivity contribution < 1.29 is 9.53 Å². The monoisotopic (exact) mass is 502 g/mol. The first-order valence-corrected chi connectivity index (χ1v) is 9.89. The lowest BCUT2D eigenvalue weighted by Crippen LogP contribution is -2.40. The molecule has 1 heterocycles. The van der Waals surface area contributed by atoms with Crippen LogP contribution in [0.5, 0.6) is 0 Å². The normalized spacial score (nSPS) is 14.9. The molecule has 0 unspecified atom stereocenters. The predicted molar refractivity (Wildman–Crippen MR) is 125 cm³/mol. The fourth-order valence-electron chi connectivity index (χ4n) is 3.16. The number of guanidine groups is 1. The van der Waals surface area contributed by atoms with E-state index < -0.39 is 0 Å². The smallest absolute Gasteiger partial charge is 0.253 e. The minimum Gasteiger partial charge on any atom is -0.381 e. The van der Waals surface area contributed by atoms with Crippen molar-refractivity contribution in [2.75, 3.05) is 47.4 Å². The molecule has 6 nitrogen and oxygen atoms in total. The molecule has 2 rings (SSSR count). The van der Waals surface area contributed by atoms with Gasteiger partial charge in [-0.05, 0) is 49.8 Å². The number of halogens is 1. The van der Waals surface area contributed by atoms with Crippen LogP contribution < -0.4 is 5.32 Å². The van der Waals surface area contributed by atoms with E-state index in [1.165, 1.54) is 19.3 Å². The first-order valence-electron chi connectivity index (χ1n) is 9.89. The summed E-state index contributed by atoms with van der Waals surface area (Å²) in [5.41, 5.74) is 1.80. The number of carbonyl (C=O) groups excluding carboxylic acids is 1. The Hall–Kier alpha value is -1.35. The fourth-order valence-corrected chi connectivity index (χ4v) is 3.16. The first kappa shape index (κ1) is 24.7. The summed E-state index contributed by atoms with van der Waals surface area (Å²) in [4.78, 5) is 20.5. The van der Waals surface area contributed by atoms with Crippen LogP contribution in [0, 0.1) is 5.92 Å². The maximum absolute atomic E-state index is 12.0. The van der Waals surface area contributed by atoms with Crippen LogP contribution in [0.3, 0.4) is 0 Å². The summed E-state index contributed by atoms with van der Waals surface area (Å²) in [6, 6.07) is 7.70. The van der Waals surface area contributed by atoms with E-state index in [1.807, 2.05) is 24.3 Å². The number of aliphatic imine (C=N–C) groups is 1. The van der Waals surface area contributed by atoms with E-state index in [1.54, 1.807) is 19.0 Å². The first-order chi connectivity index (χ1) is 13.0. The Morgan fingerprint density at radius 1 is 1.18 bits per heavy atom. The number of ether oxygens (including phenoxy) is 1. The summed E-state index contributed by atoms with van der Waals surface area (Å²) < 4.78 is 5.44. The zero-order chi connectivity index (χ0) is 19.6. The number of nitrogens with one attached hydrogen (secondary N) is 1. The topological polar surface area (TPSA) is 57.2 Å². The van der Waals surface area contributed by atoms with E-state index in [0.29, 0.717) is 12.1 Å². The van der Waals surface area contributed by atoms with E-state index >= 15 is 0 Å². The predicted octanol–water partition coefficient (Wildman–Crippen LogP) is 3.22. The van der Waals surface area contributed by atoms with Gasteiger partial charge in [0.2, 0.25) is 0 Å². The minimum atomic E-state index is 0. The van der Waals surface area contributed by atoms with Crippen LogP contribution in [0.15, 0.2) is 29.3 Å². The Balaban J connectivity index is 0.00000392. The molecule has 0 atom stereocenters. The molecule has 1 N–H and O–H groups in total. The van der Waals surface area contributed by atoms with E-state index in [0.717, 1.165) is 43.7 Å². The van der Waals surface area contributed by atoms with Crippen LogP contribution in [0.25, 0.3) is 0 Å². The lowest BCUT2D eigenvalue weighted by atomic mass is 9.96. The molecule has 0 spiro atoms. The van der Waals surface area contributed by atoms with Gasteiger partial charge >= 0.3 is 0 Å². The molecule has 0 aliphatic carbocycles. The summed E-state index contributed by atoms with van der Waals surface area (Å²) in [6.45, 7) is 6.32. The molecule has 0 aromatic heterocycles. The van der Waals surface area contributed by atoms with Crippen LogP contribution in [0.4, 0.5) is 0 Å². The van der Waals surface area contributed by atoms with E-state index in [-0.39, 0.29) is 29.9 Å². The van der Waals surface area contributed by atoms with Gasteiger partial charge in [0.1, 0.15) is 0 Å². The summed E-state index contributed by atoms with van der Waals surface area (Å²) >= 11 is 0. The fraction of sp³-hybridized carbons (Fsp3) is 0.619. The molecular weight excluding hydrogens is 467 g/mol. The molecule has 1 aliphatic heterocycles. The number of benzene rings is 1. The largest absolute Gasteiger partial charge is 0.381 e. The van der Waals surface area contributed by atoms with Gasteiger partial charge in [-0.15, -0.1) is 24.0 Å². The highest BCUT2D eigenvalue weighted by atomic mass is 127. The Labute approximate surface area is 186 Å². The molecule has 0 radical (unpaired) electrons. The highest BCUT2D eigenvalue weighted by molar-refractivity contribution is 14.0. The number of amides is 1. The Bertz CT molecular complexity index is 613. The Morgan fingerprint density at radius 3 is 2.39 bits per heavy atom. The summed E-state index contributed by atoms with van der Waals surface area (Å²) in [5, 5.41) is 3.38. The van der Waals surface area contributed by atoms with Gasteiger partial charge in [-0.3, -0.25) is 4.79 Å². The SMILES string of the molecule is CCNC(=NCc1ccc(C(=O)N(C)C)cc1)N(C)CCC1CCOCC1.I. The van der Waals surface area contributed by atoms with Crippen molar-refractivity contribution in [3.05, 3.63) is 35.4 Å². The molecule has 28 heavy (non-hydrogen) atoms. The van der Waals surface area contributed by atoms with Crippen LogP contribution in [0.1, 0.15) is 42.1 Å². The van der Waals surface area contributed by atoms with Crippen molar-refractivity contribution in [1.29, 1.82) is 0 Å². The highest BCUT2D eigenvalue weighted by Crippen LogP contribution is 2.18. The van der Waals surface area contributed by atoms with Crippen LogP contribution in [-0.2, 0) is 11.3 Å². The van der Waals surface area contributed by atoms with Crippen molar-refractivity contribution in [2.24, 2.45) is 10.9 Å². The van der Waals surface area contributed by atoms with Crippen molar-refractivity contribution >= 4 is 35.8 Å². The molecular formula is C21H35IN4O2. The zero-order valence-corrected chi connectivity index (χ0v) is 19.9. The van der Waals surface area contributed by atoms with Gasteiger partial charge in [0.15, 0.2) is 5.96 Å². The second-order valence-electron chi connectivity index (χ2n) is 7.33. The molecule has 7 heteroatoms. The lowest BCUT2D eigenvalue weighted by molar-refractivity contribution is 0.0625. The number of hydrogen-bond donors (Lipinski definition) is 1. The minimum absolute atomic E-state index is 0. The number of nitrogens with zero attached hydrogens (tertiary/aromatic N) is 3. The van der Waals surface area contributed by atoms with Crippen LogP contribution in [-0.4, -0.2) is 69.1 Å².